The molecule has 2 aromatic heterocycles. The Morgan fingerprint density at radius 2 is 1.78 bits per heavy atom. The number of para-hydroxylation sites is 1. The molecule has 0 bridgehead atoms. The Hall–Kier alpha value is -4.32. The lowest BCUT2D eigenvalue weighted by Gasteiger charge is -2.07. The number of hydrazine groups is 1. The van der Waals surface area contributed by atoms with Crippen molar-refractivity contribution in [2.45, 2.75) is 5.03 Å². The highest BCUT2D eigenvalue weighted by Crippen LogP contribution is 2.25. The van der Waals surface area contributed by atoms with Crippen molar-refractivity contribution in [1.82, 2.24) is 30.6 Å². The molecule has 0 unspecified atom stereocenters. The van der Waals surface area contributed by atoms with Gasteiger partial charge in [-0.1, -0.05) is 30.0 Å². The monoisotopic (exact) mass is 449 g/mol. The van der Waals surface area contributed by atoms with Crippen molar-refractivity contribution in [2.24, 2.45) is 0 Å². The number of carbonyl (C=O) groups excluding carboxylic acids is 2. The predicted molar refractivity (Wildman–Crippen MR) is 116 cm³/mol. The number of nitrogens with zero attached hydrogens (tertiary/aromatic N) is 5. The Bertz CT molecular complexity index is 1290. The summed E-state index contributed by atoms with van der Waals surface area (Å²) < 4.78 is 1.69. The third-order valence-corrected chi connectivity index (χ3v) is 5.33. The standard InChI is InChI=1S/C20H15N7O4S/c28-17(24-25-19(29)13-6-8-15(9-7-13)27(30)31)11-32-20-16-10-23-26(18(16)21-12-22-20)14-4-2-1-3-5-14/h1-10,12H,11H2,(H,24,28)(H,25,29). The first-order valence-corrected chi connectivity index (χ1v) is 10.2. The van der Waals surface area contributed by atoms with Crippen molar-refractivity contribution in [3.8, 4) is 5.69 Å². The topological polar surface area (TPSA) is 145 Å². The van der Waals surface area contributed by atoms with Crippen molar-refractivity contribution in [1.29, 1.82) is 0 Å². The Labute approximate surface area is 185 Å². The van der Waals surface area contributed by atoms with Gasteiger partial charge in [-0.15, -0.1) is 0 Å². The minimum atomic E-state index is -0.591. The number of rotatable bonds is 6. The molecule has 0 saturated heterocycles. The van der Waals surface area contributed by atoms with Gasteiger partial charge in [0.25, 0.3) is 11.6 Å². The molecule has 0 aliphatic carbocycles. The van der Waals surface area contributed by atoms with Crippen LogP contribution in [0.3, 0.4) is 0 Å². The molecule has 4 aromatic rings. The van der Waals surface area contributed by atoms with E-state index in [1.807, 2.05) is 30.3 Å². The lowest BCUT2D eigenvalue weighted by molar-refractivity contribution is -0.384. The molecule has 0 saturated carbocycles. The van der Waals surface area contributed by atoms with Gasteiger partial charge in [0.2, 0.25) is 5.91 Å². The number of nitro groups is 1. The Morgan fingerprint density at radius 3 is 2.50 bits per heavy atom. The number of thioether (sulfide) groups is 1. The van der Waals surface area contributed by atoms with Gasteiger partial charge in [-0.25, -0.2) is 14.6 Å². The number of benzene rings is 2. The summed E-state index contributed by atoms with van der Waals surface area (Å²) in [5.74, 6) is -1.05. The normalized spacial score (nSPS) is 10.6. The largest absolute Gasteiger partial charge is 0.272 e. The van der Waals surface area contributed by atoms with Crippen LogP contribution in [-0.2, 0) is 4.79 Å². The van der Waals surface area contributed by atoms with Gasteiger partial charge >= 0.3 is 0 Å². The second kappa shape index (κ2) is 9.22. The average Bonchev–Trinajstić information content (AvgIpc) is 3.26. The van der Waals surface area contributed by atoms with Crippen LogP contribution in [0.25, 0.3) is 16.7 Å². The molecule has 0 aliphatic heterocycles. The highest BCUT2D eigenvalue weighted by Gasteiger charge is 2.14. The second-order valence-corrected chi connectivity index (χ2v) is 7.37. The molecule has 0 atom stereocenters. The summed E-state index contributed by atoms with van der Waals surface area (Å²) in [6, 6.07) is 14.5. The molecule has 2 amide bonds. The van der Waals surface area contributed by atoms with Crippen molar-refractivity contribution in [3.05, 3.63) is 82.8 Å². The zero-order valence-corrected chi connectivity index (χ0v) is 17.2. The van der Waals surface area contributed by atoms with E-state index in [-0.39, 0.29) is 17.0 Å². The molecule has 12 heteroatoms. The van der Waals surface area contributed by atoms with Crippen LogP contribution in [-0.4, -0.2) is 42.2 Å². The Morgan fingerprint density at radius 1 is 1.03 bits per heavy atom. The van der Waals surface area contributed by atoms with E-state index < -0.39 is 16.7 Å². The summed E-state index contributed by atoms with van der Waals surface area (Å²) in [6.45, 7) is 0. The maximum Gasteiger partial charge on any atom is 0.269 e. The molecule has 160 valence electrons. The summed E-state index contributed by atoms with van der Waals surface area (Å²) in [5, 5.41) is 16.3. The van der Waals surface area contributed by atoms with Crippen LogP contribution in [0.2, 0.25) is 0 Å². The number of amides is 2. The van der Waals surface area contributed by atoms with Gasteiger partial charge in [-0.05, 0) is 24.3 Å². The first-order valence-electron chi connectivity index (χ1n) is 9.23. The zero-order chi connectivity index (χ0) is 22.5. The van der Waals surface area contributed by atoms with Crippen molar-refractivity contribution in [2.75, 3.05) is 5.75 Å². The van der Waals surface area contributed by atoms with Crippen LogP contribution in [0.15, 0.2) is 72.1 Å². The number of fused-ring (bicyclic) bond motifs is 1. The quantitative estimate of drug-likeness (QED) is 0.197. The van der Waals surface area contributed by atoms with E-state index in [0.29, 0.717) is 16.1 Å². The summed E-state index contributed by atoms with van der Waals surface area (Å²) in [7, 11) is 0. The number of hydrogen-bond acceptors (Lipinski definition) is 8. The molecule has 2 heterocycles. The predicted octanol–water partition coefficient (Wildman–Crippen LogP) is 2.28. The summed E-state index contributed by atoms with van der Waals surface area (Å²) in [4.78, 5) is 42.9. The van der Waals surface area contributed by atoms with Gasteiger partial charge in [0, 0.05) is 17.7 Å². The molecule has 0 spiro atoms. The van der Waals surface area contributed by atoms with Gasteiger partial charge < -0.3 is 0 Å². The van der Waals surface area contributed by atoms with Crippen molar-refractivity contribution < 1.29 is 14.5 Å². The third kappa shape index (κ3) is 4.54. The fourth-order valence-corrected chi connectivity index (χ4v) is 3.56. The number of carbonyl (C=O) groups is 2. The minimum absolute atomic E-state index is 0.0107. The van der Waals surface area contributed by atoms with Crippen LogP contribution in [0.5, 0.6) is 0 Å². The lowest BCUT2D eigenvalue weighted by Crippen LogP contribution is -2.42. The highest BCUT2D eigenvalue weighted by atomic mass is 32.2. The molecule has 2 aromatic carbocycles. The van der Waals surface area contributed by atoms with Crippen LogP contribution in [0.4, 0.5) is 5.69 Å². The molecule has 4 rings (SSSR count). The minimum Gasteiger partial charge on any atom is -0.272 e. The summed E-state index contributed by atoms with van der Waals surface area (Å²) in [6.07, 6.45) is 3.04. The molecule has 0 fully saturated rings. The molecular weight excluding hydrogens is 434 g/mol. The maximum atomic E-state index is 12.2. The van der Waals surface area contributed by atoms with E-state index in [9.17, 15) is 19.7 Å². The first-order chi connectivity index (χ1) is 15.5. The number of hydrogen-bond donors (Lipinski definition) is 2. The molecule has 0 radical (unpaired) electrons. The van der Waals surface area contributed by atoms with E-state index >= 15 is 0 Å². The van der Waals surface area contributed by atoms with Gasteiger partial charge in [0.05, 0.1) is 27.9 Å². The molecular formula is C20H15N7O4S. The smallest absolute Gasteiger partial charge is 0.269 e. The molecule has 0 aliphatic rings. The summed E-state index contributed by atoms with van der Waals surface area (Å²) >= 11 is 1.18. The second-order valence-electron chi connectivity index (χ2n) is 6.40. The van der Waals surface area contributed by atoms with Crippen molar-refractivity contribution in [3.63, 3.8) is 0 Å². The van der Waals surface area contributed by atoms with Crippen LogP contribution >= 0.6 is 11.8 Å². The van der Waals surface area contributed by atoms with Gasteiger partial charge in [0.1, 0.15) is 11.4 Å². The van der Waals surface area contributed by atoms with E-state index in [4.69, 9.17) is 0 Å². The third-order valence-electron chi connectivity index (χ3n) is 4.33. The van der Waals surface area contributed by atoms with Crippen LogP contribution in [0, 0.1) is 10.1 Å². The van der Waals surface area contributed by atoms with E-state index in [0.717, 1.165) is 5.69 Å². The Kier molecular flexibility index (Phi) is 6.03. The number of nitro benzene ring substituents is 1. The molecule has 2 N–H and O–H groups in total. The van der Waals surface area contributed by atoms with Crippen LogP contribution in [0.1, 0.15) is 10.4 Å². The van der Waals surface area contributed by atoms with Gasteiger partial charge in [0.15, 0.2) is 5.65 Å². The summed E-state index contributed by atoms with van der Waals surface area (Å²) in [5.41, 5.74) is 6.09. The number of non-ortho nitro benzene ring substituents is 1. The van der Waals surface area contributed by atoms with E-state index in [1.165, 1.54) is 42.4 Å². The average molecular weight is 449 g/mol. The molecule has 11 nitrogen and oxygen atoms in total. The SMILES string of the molecule is O=C(CSc1ncnc2c1cnn2-c1ccccc1)NNC(=O)c1ccc([N+](=O)[O-])cc1. The number of nitrogens with one attached hydrogen (secondary N) is 2. The van der Waals surface area contributed by atoms with E-state index in [2.05, 4.69) is 25.9 Å². The van der Waals surface area contributed by atoms with Crippen LogP contribution < -0.4 is 10.9 Å². The van der Waals surface area contributed by atoms with Gasteiger partial charge in [-0.3, -0.25) is 30.6 Å². The zero-order valence-electron chi connectivity index (χ0n) is 16.3. The maximum absolute atomic E-state index is 12.2. The fourth-order valence-electron chi connectivity index (χ4n) is 2.80. The first kappa shape index (κ1) is 20.9. The van der Waals surface area contributed by atoms with Crippen molar-refractivity contribution >= 4 is 40.3 Å². The lowest BCUT2D eigenvalue weighted by atomic mass is 10.2. The fraction of sp³-hybridized carbons (Fsp3) is 0.0500. The highest BCUT2D eigenvalue weighted by molar-refractivity contribution is 8.00. The van der Waals surface area contributed by atoms with E-state index in [1.54, 1.807) is 10.9 Å². The number of aromatic nitrogens is 4. The van der Waals surface area contributed by atoms with Gasteiger partial charge in [-0.2, -0.15) is 5.10 Å². The molecule has 32 heavy (non-hydrogen) atoms. The Balaban J connectivity index is 1.36.